The Morgan fingerprint density at radius 2 is 2.12 bits per heavy atom. The molecule has 0 aliphatic heterocycles. The predicted octanol–water partition coefficient (Wildman–Crippen LogP) is 1.81. The maximum atomic E-state index is 6.04. The first-order valence-corrected chi connectivity index (χ1v) is 5.82. The Hall–Kier alpha value is -0.740. The summed E-state index contributed by atoms with van der Waals surface area (Å²) in [7, 11) is 3.58. The van der Waals surface area contributed by atoms with Gasteiger partial charge in [0.2, 0.25) is 0 Å². The molecule has 1 saturated carbocycles. The van der Waals surface area contributed by atoms with Gasteiger partial charge in [-0.2, -0.15) is 5.10 Å². The third kappa shape index (κ3) is 1.80. The summed E-state index contributed by atoms with van der Waals surface area (Å²) in [5, 5.41) is 4.37. The maximum Gasteiger partial charge on any atom is 0.163 e. The van der Waals surface area contributed by atoms with Crippen molar-refractivity contribution in [3.8, 4) is 5.75 Å². The van der Waals surface area contributed by atoms with Crippen molar-refractivity contribution in [2.24, 2.45) is 7.05 Å². The molecule has 1 fully saturated rings. The lowest BCUT2D eigenvalue weighted by Crippen LogP contribution is -2.52. The van der Waals surface area contributed by atoms with Crippen LogP contribution in [0.2, 0.25) is 0 Å². The first-order valence-electron chi connectivity index (χ1n) is 5.38. The van der Waals surface area contributed by atoms with Crippen LogP contribution in [0.3, 0.4) is 0 Å². The van der Waals surface area contributed by atoms with Gasteiger partial charge in [-0.05, 0) is 13.8 Å². The summed E-state index contributed by atoms with van der Waals surface area (Å²) in [6.07, 6.45) is 0.864. The number of nitrogens with zero attached hydrogens (tertiary/aromatic N) is 2. The fraction of sp³-hybridized carbons (Fsp3) is 0.727. The minimum absolute atomic E-state index is 0.0133. The Bertz CT molecular complexity index is 392. The second-order valence-electron chi connectivity index (χ2n) is 4.23. The van der Waals surface area contributed by atoms with Crippen LogP contribution in [0.4, 0.5) is 0 Å². The molecule has 1 aliphatic carbocycles. The van der Waals surface area contributed by atoms with Crippen LogP contribution in [0.15, 0.2) is 0 Å². The molecule has 3 unspecified atom stereocenters. The Labute approximate surface area is 100 Å². The molecule has 1 aromatic rings. The maximum absolute atomic E-state index is 6.04. The molecule has 5 heteroatoms. The summed E-state index contributed by atoms with van der Waals surface area (Å²) in [4.78, 5) is 0. The largest absolute Gasteiger partial charge is 0.484 e. The molecule has 1 heterocycles. The topological polar surface area (TPSA) is 36.3 Å². The molecule has 1 aliphatic rings. The molecule has 0 saturated heterocycles. The van der Waals surface area contributed by atoms with E-state index in [2.05, 4.69) is 5.10 Å². The van der Waals surface area contributed by atoms with E-state index in [-0.39, 0.29) is 17.6 Å². The molecule has 0 spiro atoms. The summed E-state index contributed by atoms with van der Waals surface area (Å²) in [6.45, 7) is 3.94. The molecule has 0 radical (unpaired) electrons. The van der Waals surface area contributed by atoms with Crippen molar-refractivity contribution in [2.75, 3.05) is 7.11 Å². The highest BCUT2D eigenvalue weighted by Gasteiger charge is 2.42. The number of rotatable bonds is 3. The number of methoxy groups -OCH3 is 1. The van der Waals surface area contributed by atoms with Gasteiger partial charge in [-0.25, -0.2) is 0 Å². The van der Waals surface area contributed by atoms with Gasteiger partial charge in [-0.1, -0.05) is 0 Å². The van der Waals surface area contributed by atoms with E-state index in [0.717, 1.165) is 23.6 Å². The third-order valence-electron chi connectivity index (χ3n) is 3.16. The number of aromatic nitrogens is 2. The predicted molar refractivity (Wildman–Crippen MR) is 62.2 cm³/mol. The van der Waals surface area contributed by atoms with Crippen LogP contribution >= 0.6 is 11.6 Å². The zero-order chi connectivity index (χ0) is 11.9. The molecule has 16 heavy (non-hydrogen) atoms. The van der Waals surface area contributed by atoms with Crippen molar-refractivity contribution in [1.82, 2.24) is 9.78 Å². The summed E-state index contributed by atoms with van der Waals surface area (Å²) < 4.78 is 13.0. The van der Waals surface area contributed by atoms with E-state index in [1.54, 1.807) is 7.11 Å². The lowest BCUT2D eigenvalue weighted by atomic mass is 9.91. The van der Waals surface area contributed by atoms with Crippen LogP contribution in [0, 0.1) is 13.8 Å². The number of aryl methyl sites for hydroxylation is 2. The van der Waals surface area contributed by atoms with E-state index in [1.165, 1.54) is 0 Å². The minimum atomic E-state index is -0.0133. The Kier molecular flexibility index (Phi) is 3.13. The van der Waals surface area contributed by atoms with Crippen molar-refractivity contribution < 1.29 is 9.47 Å². The number of alkyl halides is 1. The lowest BCUT2D eigenvalue weighted by molar-refractivity contribution is -0.0588. The molecule has 0 aromatic carbocycles. The van der Waals surface area contributed by atoms with Crippen LogP contribution in [-0.2, 0) is 11.8 Å². The van der Waals surface area contributed by atoms with Crippen LogP contribution in [0.25, 0.3) is 0 Å². The number of hydrogen-bond acceptors (Lipinski definition) is 3. The zero-order valence-corrected chi connectivity index (χ0v) is 10.8. The van der Waals surface area contributed by atoms with E-state index >= 15 is 0 Å². The average Bonchev–Trinajstić information content (AvgIpc) is 2.44. The summed E-state index contributed by atoms with van der Waals surface area (Å²) in [5.74, 6) is 0.859. The van der Waals surface area contributed by atoms with E-state index in [9.17, 15) is 0 Å². The van der Waals surface area contributed by atoms with Crippen LogP contribution in [0.1, 0.15) is 17.8 Å². The van der Waals surface area contributed by atoms with Gasteiger partial charge in [-0.15, -0.1) is 11.6 Å². The molecule has 0 amide bonds. The minimum Gasteiger partial charge on any atom is -0.484 e. The Balaban J connectivity index is 2.10. The smallest absolute Gasteiger partial charge is 0.163 e. The van der Waals surface area contributed by atoms with Gasteiger partial charge in [-0.3, -0.25) is 4.68 Å². The summed E-state index contributed by atoms with van der Waals surface area (Å²) in [6, 6.07) is 0. The molecular formula is C11H17ClN2O2. The molecule has 3 atom stereocenters. The average molecular weight is 245 g/mol. The van der Waals surface area contributed by atoms with Crippen LogP contribution < -0.4 is 4.74 Å². The quantitative estimate of drug-likeness (QED) is 0.761. The summed E-state index contributed by atoms with van der Waals surface area (Å²) in [5.41, 5.74) is 1.94. The van der Waals surface area contributed by atoms with Crippen molar-refractivity contribution in [3.05, 3.63) is 11.4 Å². The highest BCUT2D eigenvalue weighted by molar-refractivity contribution is 6.21. The van der Waals surface area contributed by atoms with Gasteiger partial charge >= 0.3 is 0 Å². The lowest BCUT2D eigenvalue weighted by Gasteiger charge is -2.39. The molecule has 4 nitrogen and oxygen atoms in total. The zero-order valence-electron chi connectivity index (χ0n) is 10.0. The molecule has 90 valence electrons. The summed E-state index contributed by atoms with van der Waals surface area (Å²) >= 11 is 6.04. The monoisotopic (exact) mass is 244 g/mol. The number of hydrogen-bond donors (Lipinski definition) is 0. The second kappa shape index (κ2) is 4.26. The third-order valence-corrected chi connectivity index (χ3v) is 3.59. The molecule has 0 bridgehead atoms. The fourth-order valence-electron chi connectivity index (χ4n) is 2.02. The Morgan fingerprint density at radius 1 is 1.44 bits per heavy atom. The van der Waals surface area contributed by atoms with Gasteiger partial charge < -0.3 is 9.47 Å². The highest BCUT2D eigenvalue weighted by atomic mass is 35.5. The first-order chi connectivity index (χ1) is 7.54. The van der Waals surface area contributed by atoms with Crippen LogP contribution in [-0.4, -0.2) is 34.5 Å². The van der Waals surface area contributed by atoms with E-state index in [1.807, 2.05) is 25.6 Å². The van der Waals surface area contributed by atoms with Gasteiger partial charge in [0.1, 0.15) is 17.9 Å². The molecule has 2 rings (SSSR count). The van der Waals surface area contributed by atoms with Crippen LogP contribution in [0.5, 0.6) is 5.75 Å². The van der Waals surface area contributed by atoms with Gasteiger partial charge in [0.05, 0.1) is 11.1 Å². The van der Waals surface area contributed by atoms with Gasteiger partial charge in [0.25, 0.3) is 0 Å². The van der Waals surface area contributed by atoms with Gasteiger partial charge in [0.15, 0.2) is 5.75 Å². The van der Waals surface area contributed by atoms with E-state index < -0.39 is 0 Å². The highest BCUT2D eigenvalue weighted by Crippen LogP contribution is 2.34. The van der Waals surface area contributed by atoms with E-state index in [0.29, 0.717) is 0 Å². The van der Waals surface area contributed by atoms with Crippen molar-refractivity contribution in [3.63, 3.8) is 0 Å². The van der Waals surface area contributed by atoms with Crippen molar-refractivity contribution in [2.45, 2.75) is 37.9 Å². The molecule has 1 aromatic heterocycles. The first kappa shape index (κ1) is 11.7. The standard InChI is InChI=1S/C11H17ClN2O2/c1-6-10(7(2)14(3)13-6)16-9-5-8(12)11(9)15-4/h8-9,11H,5H2,1-4H3. The van der Waals surface area contributed by atoms with E-state index in [4.69, 9.17) is 21.1 Å². The molecule has 0 N–H and O–H groups in total. The number of halogens is 1. The molecular weight excluding hydrogens is 228 g/mol. The number of ether oxygens (including phenoxy) is 2. The van der Waals surface area contributed by atoms with Crippen molar-refractivity contribution in [1.29, 1.82) is 0 Å². The second-order valence-corrected chi connectivity index (χ2v) is 4.79. The normalized spacial score (nSPS) is 28.9. The Morgan fingerprint density at radius 3 is 2.56 bits per heavy atom. The SMILES string of the molecule is COC1C(Cl)CC1Oc1c(C)nn(C)c1C. The van der Waals surface area contributed by atoms with Crippen molar-refractivity contribution >= 4 is 11.6 Å². The fourth-order valence-corrected chi connectivity index (χ4v) is 2.46. The van der Waals surface area contributed by atoms with Gasteiger partial charge in [0, 0.05) is 20.6 Å².